The molecule has 144 valence electrons. The first-order chi connectivity index (χ1) is 13.0. The van der Waals surface area contributed by atoms with Crippen LogP contribution in [0.25, 0.3) is 0 Å². The van der Waals surface area contributed by atoms with E-state index in [4.69, 9.17) is 11.6 Å². The fourth-order valence-corrected chi connectivity index (χ4v) is 3.98. The molecule has 1 aromatic heterocycles. The maximum atomic E-state index is 12.3. The van der Waals surface area contributed by atoms with Crippen LogP contribution in [-0.4, -0.2) is 34.7 Å². The average molecular weight is 405 g/mol. The second kappa shape index (κ2) is 9.42. The zero-order chi connectivity index (χ0) is 19.2. The molecule has 7 heteroatoms. The Hall–Kier alpha value is -1.79. The summed E-state index contributed by atoms with van der Waals surface area (Å²) >= 11 is 7.50. The fraction of sp³-hybridized carbons (Fsp3) is 0.450. The van der Waals surface area contributed by atoms with Crippen molar-refractivity contribution < 1.29 is 4.79 Å². The lowest BCUT2D eigenvalue weighted by Gasteiger charge is -2.31. The molecule has 1 saturated heterocycles. The number of thioether (sulfide) groups is 1. The molecule has 2 aromatic rings. The highest BCUT2D eigenvalue weighted by molar-refractivity contribution is 7.99. The Morgan fingerprint density at radius 3 is 2.70 bits per heavy atom. The van der Waals surface area contributed by atoms with E-state index in [1.54, 1.807) is 6.07 Å². The fourth-order valence-electron chi connectivity index (χ4n) is 3.09. The van der Waals surface area contributed by atoms with Gasteiger partial charge in [-0.1, -0.05) is 60.6 Å². The number of benzene rings is 1. The molecule has 1 amide bonds. The van der Waals surface area contributed by atoms with E-state index < -0.39 is 0 Å². The normalized spacial score (nSPS) is 16.2. The van der Waals surface area contributed by atoms with Crippen LogP contribution in [0.15, 0.2) is 41.6 Å². The van der Waals surface area contributed by atoms with E-state index in [1.165, 1.54) is 11.8 Å². The lowest BCUT2D eigenvalue weighted by molar-refractivity contribution is -0.119. The average Bonchev–Trinajstić information content (AvgIpc) is 2.67. The van der Waals surface area contributed by atoms with Crippen molar-refractivity contribution >= 4 is 35.1 Å². The predicted octanol–water partition coefficient (Wildman–Crippen LogP) is 4.34. The molecule has 1 aliphatic heterocycles. The van der Waals surface area contributed by atoms with Gasteiger partial charge in [0.15, 0.2) is 5.16 Å². The molecule has 0 bridgehead atoms. The molecule has 3 rings (SSSR count). The van der Waals surface area contributed by atoms with E-state index in [9.17, 15) is 4.79 Å². The molecule has 5 nitrogen and oxygen atoms in total. The molecule has 0 saturated carbocycles. The summed E-state index contributed by atoms with van der Waals surface area (Å²) < 4.78 is 0. The number of aromatic nitrogens is 2. The SMILES string of the molecule is CC1CCN(c2cc(Cl)nc(SCC(=O)N[C@@H](C)c3ccccc3)n2)CC1. The molecule has 0 radical (unpaired) electrons. The largest absolute Gasteiger partial charge is 0.356 e. The van der Waals surface area contributed by atoms with Gasteiger partial charge in [0, 0.05) is 19.2 Å². The van der Waals surface area contributed by atoms with Crippen molar-refractivity contribution in [2.24, 2.45) is 5.92 Å². The molecule has 27 heavy (non-hydrogen) atoms. The van der Waals surface area contributed by atoms with E-state index >= 15 is 0 Å². The summed E-state index contributed by atoms with van der Waals surface area (Å²) in [6, 6.07) is 11.7. The third-order valence-corrected chi connectivity index (χ3v) is 5.82. The number of carbonyl (C=O) groups excluding carboxylic acids is 1. The molecule has 1 N–H and O–H groups in total. The highest BCUT2D eigenvalue weighted by Crippen LogP contribution is 2.26. The second-order valence-corrected chi connectivity index (χ2v) is 8.32. The standard InChI is InChI=1S/C20H25ClN4OS/c1-14-8-10-25(11-9-14)18-12-17(21)23-20(24-18)27-13-19(26)22-15(2)16-6-4-3-5-7-16/h3-7,12,14-15H,8-11,13H2,1-2H3,(H,22,26)/t15-/m0/s1. The maximum Gasteiger partial charge on any atom is 0.230 e. The summed E-state index contributed by atoms with van der Waals surface area (Å²) in [6.45, 7) is 6.21. The number of nitrogens with one attached hydrogen (secondary N) is 1. The number of amides is 1. The zero-order valence-electron chi connectivity index (χ0n) is 15.7. The van der Waals surface area contributed by atoms with Gasteiger partial charge in [0.05, 0.1) is 11.8 Å². The van der Waals surface area contributed by atoms with Crippen molar-refractivity contribution in [3.63, 3.8) is 0 Å². The first-order valence-corrected chi connectivity index (χ1v) is 10.6. The minimum absolute atomic E-state index is 0.0366. The summed E-state index contributed by atoms with van der Waals surface area (Å²) in [6.07, 6.45) is 2.31. The van der Waals surface area contributed by atoms with E-state index in [0.29, 0.717) is 10.3 Å². The highest BCUT2D eigenvalue weighted by atomic mass is 35.5. The summed E-state index contributed by atoms with van der Waals surface area (Å²) in [5.41, 5.74) is 1.08. The van der Waals surface area contributed by atoms with Crippen LogP contribution < -0.4 is 10.2 Å². The highest BCUT2D eigenvalue weighted by Gasteiger charge is 2.19. The van der Waals surface area contributed by atoms with Crippen LogP contribution in [0.3, 0.4) is 0 Å². The summed E-state index contributed by atoms with van der Waals surface area (Å²) in [5, 5.41) is 3.96. The molecule has 0 spiro atoms. The Balaban J connectivity index is 1.56. The molecule has 1 aliphatic rings. The van der Waals surface area contributed by atoms with Crippen molar-refractivity contribution in [1.29, 1.82) is 0 Å². The van der Waals surface area contributed by atoms with Crippen LogP contribution in [-0.2, 0) is 4.79 Å². The molecule has 1 atom stereocenters. The lowest BCUT2D eigenvalue weighted by atomic mass is 9.99. The third-order valence-electron chi connectivity index (χ3n) is 4.78. The number of rotatable bonds is 6. The number of anilines is 1. The molecule has 0 unspecified atom stereocenters. The Morgan fingerprint density at radius 1 is 1.30 bits per heavy atom. The maximum absolute atomic E-state index is 12.3. The zero-order valence-corrected chi connectivity index (χ0v) is 17.3. The Morgan fingerprint density at radius 2 is 2.00 bits per heavy atom. The summed E-state index contributed by atoms with van der Waals surface area (Å²) in [4.78, 5) is 23.4. The number of nitrogens with zero attached hydrogens (tertiary/aromatic N) is 3. The monoisotopic (exact) mass is 404 g/mol. The van der Waals surface area contributed by atoms with Gasteiger partial charge < -0.3 is 10.2 Å². The van der Waals surface area contributed by atoms with Crippen LogP contribution in [0.1, 0.15) is 38.3 Å². The lowest BCUT2D eigenvalue weighted by Crippen LogP contribution is -2.33. The van der Waals surface area contributed by atoms with Gasteiger partial charge in [-0.15, -0.1) is 0 Å². The predicted molar refractivity (Wildman–Crippen MR) is 111 cm³/mol. The van der Waals surface area contributed by atoms with Crippen molar-refractivity contribution in [3.05, 3.63) is 47.1 Å². The van der Waals surface area contributed by atoms with Gasteiger partial charge in [-0.05, 0) is 31.2 Å². The molecule has 1 aromatic carbocycles. The first-order valence-electron chi connectivity index (χ1n) is 9.28. The van der Waals surface area contributed by atoms with Gasteiger partial charge in [0.25, 0.3) is 0 Å². The minimum atomic E-state index is -0.0479. The minimum Gasteiger partial charge on any atom is -0.356 e. The van der Waals surface area contributed by atoms with Crippen LogP contribution in [0.5, 0.6) is 0 Å². The Bertz CT molecular complexity index is 766. The van der Waals surface area contributed by atoms with Crippen LogP contribution in [0.4, 0.5) is 5.82 Å². The van der Waals surface area contributed by atoms with E-state index in [-0.39, 0.29) is 17.7 Å². The number of hydrogen-bond donors (Lipinski definition) is 1. The van der Waals surface area contributed by atoms with Crippen molar-refractivity contribution in [3.8, 4) is 0 Å². The van der Waals surface area contributed by atoms with E-state index in [0.717, 1.165) is 43.2 Å². The van der Waals surface area contributed by atoms with E-state index in [1.807, 2.05) is 37.3 Å². The second-order valence-electron chi connectivity index (χ2n) is 6.99. The van der Waals surface area contributed by atoms with Gasteiger partial charge in [0.1, 0.15) is 11.0 Å². The molecular weight excluding hydrogens is 380 g/mol. The van der Waals surface area contributed by atoms with Crippen LogP contribution in [0, 0.1) is 5.92 Å². The van der Waals surface area contributed by atoms with Crippen molar-refractivity contribution in [2.75, 3.05) is 23.7 Å². The number of carbonyl (C=O) groups is 1. The van der Waals surface area contributed by atoms with Gasteiger partial charge in [-0.2, -0.15) is 0 Å². The quantitative estimate of drug-likeness (QED) is 0.441. The molecule has 2 heterocycles. The Kier molecular flexibility index (Phi) is 6.96. The molecule has 1 fully saturated rings. The summed E-state index contributed by atoms with van der Waals surface area (Å²) in [7, 11) is 0. The molecule has 0 aliphatic carbocycles. The topological polar surface area (TPSA) is 58.1 Å². The van der Waals surface area contributed by atoms with Gasteiger partial charge in [0.2, 0.25) is 5.91 Å². The third kappa shape index (κ3) is 5.84. The first kappa shape index (κ1) is 20.0. The number of hydrogen-bond acceptors (Lipinski definition) is 5. The van der Waals surface area contributed by atoms with Gasteiger partial charge in [-0.3, -0.25) is 4.79 Å². The van der Waals surface area contributed by atoms with Crippen LogP contribution >= 0.6 is 23.4 Å². The Labute approximate surface area is 169 Å². The summed E-state index contributed by atoms with van der Waals surface area (Å²) in [5.74, 6) is 1.81. The van der Waals surface area contributed by atoms with Crippen molar-refractivity contribution in [2.45, 2.75) is 37.9 Å². The van der Waals surface area contributed by atoms with Crippen LogP contribution in [0.2, 0.25) is 5.15 Å². The number of piperidine rings is 1. The smallest absolute Gasteiger partial charge is 0.230 e. The van der Waals surface area contributed by atoms with Gasteiger partial charge >= 0.3 is 0 Å². The van der Waals surface area contributed by atoms with Gasteiger partial charge in [-0.25, -0.2) is 9.97 Å². The van der Waals surface area contributed by atoms with E-state index in [2.05, 4.69) is 27.1 Å². The number of halogens is 1. The molecular formula is C20H25ClN4OS. The van der Waals surface area contributed by atoms with Crippen molar-refractivity contribution in [1.82, 2.24) is 15.3 Å².